The molecular formula is C11H10F3N3O. The van der Waals surface area contributed by atoms with E-state index >= 15 is 0 Å². The molecule has 0 aliphatic heterocycles. The molecule has 2 rings (SSSR count). The first-order valence-electron chi connectivity index (χ1n) is 5.09. The molecule has 2 aromatic rings. The topological polar surface area (TPSA) is 50.9 Å². The van der Waals surface area contributed by atoms with Crippen molar-refractivity contribution in [3.63, 3.8) is 0 Å². The zero-order valence-corrected chi connectivity index (χ0v) is 9.65. The lowest BCUT2D eigenvalue weighted by molar-refractivity contribution is 0.0737. The van der Waals surface area contributed by atoms with Gasteiger partial charge >= 0.3 is 0 Å². The average molecular weight is 257 g/mol. The molecule has 0 atom stereocenters. The number of rotatable bonds is 2. The molecule has 1 heterocycles. The van der Waals surface area contributed by atoms with Gasteiger partial charge in [0.05, 0.1) is 11.9 Å². The first-order valence-corrected chi connectivity index (χ1v) is 5.09. The lowest BCUT2D eigenvalue weighted by atomic mass is 10.1. The lowest BCUT2D eigenvalue weighted by Gasteiger charge is -2.11. The predicted octanol–water partition coefficient (Wildman–Crippen LogP) is 1.91. The highest BCUT2D eigenvalue weighted by atomic mass is 19.2. The number of hydrogen-bond donors (Lipinski definition) is 1. The molecule has 0 saturated heterocycles. The van der Waals surface area contributed by atoms with Gasteiger partial charge in [-0.05, 0) is 13.8 Å². The molecule has 1 aromatic heterocycles. The minimum Gasteiger partial charge on any atom is -0.384 e. The van der Waals surface area contributed by atoms with Crippen LogP contribution in [0.1, 0.15) is 19.5 Å². The van der Waals surface area contributed by atoms with Gasteiger partial charge < -0.3 is 5.11 Å². The van der Waals surface area contributed by atoms with Crippen LogP contribution in [-0.2, 0) is 5.60 Å². The van der Waals surface area contributed by atoms with Crippen LogP contribution < -0.4 is 0 Å². The van der Waals surface area contributed by atoms with Crippen molar-refractivity contribution >= 4 is 0 Å². The quantitative estimate of drug-likeness (QED) is 0.836. The van der Waals surface area contributed by atoms with E-state index in [0.717, 1.165) is 16.8 Å². The molecule has 4 nitrogen and oxygen atoms in total. The summed E-state index contributed by atoms with van der Waals surface area (Å²) in [7, 11) is 0. The molecular weight excluding hydrogens is 247 g/mol. The maximum absolute atomic E-state index is 13.0. The van der Waals surface area contributed by atoms with Gasteiger partial charge in [-0.1, -0.05) is 5.21 Å². The van der Waals surface area contributed by atoms with Crippen molar-refractivity contribution < 1.29 is 18.3 Å². The molecule has 0 radical (unpaired) electrons. The maximum Gasteiger partial charge on any atom is 0.194 e. The van der Waals surface area contributed by atoms with Gasteiger partial charge in [0.25, 0.3) is 0 Å². The van der Waals surface area contributed by atoms with E-state index in [0.29, 0.717) is 0 Å². The fourth-order valence-electron chi connectivity index (χ4n) is 1.34. The Hall–Kier alpha value is -1.89. The summed E-state index contributed by atoms with van der Waals surface area (Å²) in [6, 6.07) is 1.59. The van der Waals surface area contributed by atoms with E-state index in [4.69, 9.17) is 0 Å². The number of benzene rings is 1. The van der Waals surface area contributed by atoms with E-state index in [-0.39, 0.29) is 11.4 Å². The summed E-state index contributed by atoms with van der Waals surface area (Å²) in [6.45, 7) is 2.99. The molecule has 0 aliphatic carbocycles. The third kappa shape index (κ3) is 2.21. The highest BCUT2D eigenvalue weighted by Crippen LogP contribution is 2.20. The smallest absolute Gasteiger partial charge is 0.194 e. The summed E-state index contributed by atoms with van der Waals surface area (Å²) in [6.07, 6.45) is 1.31. The number of nitrogens with zero attached hydrogens (tertiary/aromatic N) is 3. The van der Waals surface area contributed by atoms with Crippen LogP contribution in [0.2, 0.25) is 0 Å². The SMILES string of the molecule is CC(C)(O)c1cn(-c2cc(F)c(F)c(F)c2)nn1. The second-order valence-corrected chi connectivity index (χ2v) is 4.33. The van der Waals surface area contributed by atoms with Gasteiger partial charge in [-0.2, -0.15) is 0 Å². The van der Waals surface area contributed by atoms with Gasteiger partial charge in [0, 0.05) is 12.1 Å². The second kappa shape index (κ2) is 4.09. The van der Waals surface area contributed by atoms with E-state index in [1.54, 1.807) is 0 Å². The van der Waals surface area contributed by atoms with Crippen molar-refractivity contribution in [3.8, 4) is 5.69 Å². The molecule has 0 aliphatic rings. The zero-order valence-electron chi connectivity index (χ0n) is 9.65. The molecule has 0 amide bonds. The standard InChI is InChI=1S/C11H10F3N3O/c1-11(2,18)9-5-17(16-15-9)6-3-7(12)10(14)8(13)4-6/h3-5,18H,1-2H3. The Kier molecular flexibility index (Phi) is 2.86. The highest BCUT2D eigenvalue weighted by Gasteiger charge is 2.21. The van der Waals surface area contributed by atoms with Crippen LogP contribution >= 0.6 is 0 Å². The summed E-state index contributed by atoms with van der Waals surface area (Å²) in [5.41, 5.74) is -1.02. The van der Waals surface area contributed by atoms with Crippen molar-refractivity contribution in [2.24, 2.45) is 0 Å². The fraction of sp³-hybridized carbons (Fsp3) is 0.273. The van der Waals surface area contributed by atoms with E-state index < -0.39 is 23.1 Å². The molecule has 18 heavy (non-hydrogen) atoms. The average Bonchev–Trinajstić information content (AvgIpc) is 2.73. The van der Waals surface area contributed by atoms with Gasteiger partial charge in [0.2, 0.25) is 0 Å². The van der Waals surface area contributed by atoms with Crippen molar-refractivity contribution in [1.82, 2.24) is 15.0 Å². The fourth-order valence-corrected chi connectivity index (χ4v) is 1.34. The summed E-state index contributed by atoms with van der Waals surface area (Å²) in [5.74, 6) is -4.17. The predicted molar refractivity (Wildman–Crippen MR) is 56.5 cm³/mol. The van der Waals surface area contributed by atoms with Crippen LogP contribution in [0, 0.1) is 17.5 Å². The van der Waals surface area contributed by atoms with Gasteiger partial charge in [-0.3, -0.25) is 0 Å². The Morgan fingerprint density at radius 1 is 1.17 bits per heavy atom. The monoisotopic (exact) mass is 257 g/mol. The molecule has 1 N–H and O–H groups in total. The molecule has 0 saturated carbocycles. The van der Waals surface area contributed by atoms with Crippen LogP contribution in [0.25, 0.3) is 5.69 Å². The third-order valence-corrected chi connectivity index (χ3v) is 2.35. The maximum atomic E-state index is 13.0. The van der Waals surface area contributed by atoms with Crippen LogP contribution in [0.5, 0.6) is 0 Å². The van der Waals surface area contributed by atoms with Gasteiger partial charge in [-0.25, -0.2) is 17.9 Å². The van der Waals surface area contributed by atoms with Crippen molar-refractivity contribution in [2.45, 2.75) is 19.4 Å². The highest BCUT2D eigenvalue weighted by molar-refractivity contribution is 5.33. The minimum absolute atomic E-state index is 0.0191. The molecule has 1 aromatic carbocycles. The summed E-state index contributed by atoms with van der Waals surface area (Å²) >= 11 is 0. The Bertz CT molecular complexity index is 566. The second-order valence-electron chi connectivity index (χ2n) is 4.33. The molecule has 0 fully saturated rings. The van der Waals surface area contributed by atoms with E-state index in [1.165, 1.54) is 20.0 Å². The van der Waals surface area contributed by atoms with Gasteiger partial charge in [-0.15, -0.1) is 5.10 Å². The molecule has 7 heteroatoms. The van der Waals surface area contributed by atoms with E-state index in [9.17, 15) is 18.3 Å². The van der Waals surface area contributed by atoms with Crippen molar-refractivity contribution in [3.05, 3.63) is 41.5 Å². The summed E-state index contributed by atoms with van der Waals surface area (Å²) < 4.78 is 39.9. The Morgan fingerprint density at radius 3 is 2.17 bits per heavy atom. The van der Waals surface area contributed by atoms with Crippen LogP contribution in [0.15, 0.2) is 18.3 Å². The third-order valence-electron chi connectivity index (χ3n) is 2.35. The number of hydrogen-bond acceptors (Lipinski definition) is 3. The molecule has 0 spiro atoms. The number of halogens is 3. The zero-order chi connectivity index (χ0) is 13.5. The van der Waals surface area contributed by atoms with Crippen LogP contribution in [-0.4, -0.2) is 20.1 Å². The first-order chi connectivity index (χ1) is 8.29. The Labute approximate surface area is 101 Å². The molecule has 0 bridgehead atoms. The van der Waals surface area contributed by atoms with E-state index in [1.807, 2.05) is 0 Å². The number of aromatic nitrogens is 3. The Balaban J connectivity index is 2.47. The van der Waals surface area contributed by atoms with Crippen molar-refractivity contribution in [1.29, 1.82) is 0 Å². The molecule has 96 valence electrons. The summed E-state index contributed by atoms with van der Waals surface area (Å²) in [5, 5.41) is 17.0. The van der Waals surface area contributed by atoms with E-state index in [2.05, 4.69) is 10.3 Å². The summed E-state index contributed by atoms with van der Waals surface area (Å²) in [4.78, 5) is 0. The van der Waals surface area contributed by atoms with Gasteiger partial charge in [0.15, 0.2) is 17.5 Å². The molecule has 0 unspecified atom stereocenters. The Morgan fingerprint density at radius 2 is 1.72 bits per heavy atom. The van der Waals surface area contributed by atoms with Crippen molar-refractivity contribution in [2.75, 3.05) is 0 Å². The van der Waals surface area contributed by atoms with Crippen LogP contribution in [0.3, 0.4) is 0 Å². The number of aliphatic hydroxyl groups is 1. The normalized spacial score (nSPS) is 11.9. The van der Waals surface area contributed by atoms with Crippen LogP contribution in [0.4, 0.5) is 13.2 Å². The van der Waals surface area contributed by atoms with Gasteiger partial charge in [0.1, 0.15) is 11.3 Å². The lowest BCUT2D eigenvalue weighted by Crippen LogP contribution is -2.15. The largest absolute Gasteiger partial charge is 0.384 e. The minimum atomic E-state index is -1.54. The first kappa shape index (κ1) is 12.6.